The van der Waals surface area contributed by atoms with Gasteiger partial charge in [0.25, 0.3) is 0 Å². The quantitative estimate of drug-likeness (QED) is 0.822. The zero-order valence-electron chi connectivity index (χ0n) is 11.6. The van der Waals surface area contributed by atoms with E-state index >= 15 is 0 Å². The van der Waals surface area contributed by atoms with Crippen LogP contribution >= 0.6 is 0 Å². The molecule has 0 saturated heterocycles. The van der Waals surface area contributed by atoms with Crippen LogP contribution in [0.5, 0.6) is 11.5 Å². The topological polar surface area (TPSA) is 59.0 Å². The molecular weight excluding hydrogens is 248 g/mol. The summed E-state index contributed by atoms with van der Waals surface area (Å²) in [6.07, 6.45) is 3.47. The fourth-order valence-electron chi connectivity index (χ4n) is 1.96. The lowest BCUT2D eigenvalue weighted by molar-refractivity contribution is 0.481. The summed E-state index contributed by atoms with van der Waals surface area (Å²) in [6, 6.07) is 15.1. The van der Waals surface area contributed by atoms with E-state index in [1.165, 1.54) is 18.4 Å². The number of nitriles is 1. The summed E-state index contributed by atoms with van der Waals surface area (Å²) in [4.78, 5) is 0. The van der Waals surface area contributed by atoms with Crippen molar-refractivity contribution in [2.24, 2.45) is 0 Å². The van der Waals surface area contributed by atoms with Crippen molar-refractivity contribution in [1.82, 2.24) is 0 Å². The Bertz CT molecular complexity index is 612. The van der Waals surface area contributed by atoms with Gasteiger partial charge in [-0.2, -0.15) is 5.26 Å². The van der Waals surface area contributed by atoms with E-state index in [1.807, 2.05) is 12.1 Å². The van der Waals surface area contributed by atoms with Crippen molar-refractivity contribution in [3.8, 4) is 17.6 Å². The summed E-state index contributed by atoms with van der Waals surface area (Å²) in [7, 11) is 0. The molecule has 2 aromatic carbocycles. The lowest BCUT2D eigenvalue weighted by Crippen LogP contribution is -1.92. The minimum Gasteiger partial charge on any atom is -0.456 e. The number of hydrogen-bond acceptors (Lipinski definition) is 3. The average Bonchev–Trinajstić information content (AvgIpc) is 2.48. The molecule has 0 atom stereocenters. The van der Waals surface area contributed by atoms with E-state index in [0.717, 1.165) is 12.2 Å². The Morgan fingerprint density at radius 2 is 1.90 bits per heavy atom. The highest BCUT2D eigenvalue weighted by Gasteiger charge is 2.05. The number of nitrogens with two attached hydrogens (primary N) is 1. The van der Waals surface area contributed by atoms with Crippen molar-refractivity contribution in [2.75, 3.05) is 5.73 Å². The van der Waals surface area contributed by atoms with E-state index in [2.05, 4.69) is 25.1 Å². The zero-order valence-corrected chi connectivity index (χ0v) is 11.6. The van der Waals surface area contributed by atoms with Crippen LogP contribution in [0.1, 0.15) is 30.9 Å². The molecule has 102 valence electrons. The van der Waals surface area contributed by atoms with Gasteiger partial charge in [0.2, 0.25) is 0 Å². The van der Waals surface area contributed by atoms with Gasteiger partial charge in [0, 0.05) is 5.69 Å². The van der Waals surface area contributed by atoms with E-state index in [9.17, 15) is 0 Å². The summed E-state index contributed by atoms with van der Waals surface area (Å²) in [5, 5.41) is 9.08. The predicted molar refractivity (Wildman–Crippen MR) is 80.7 cm³/mol. The van der Waals surface area contributed by atoms with Gasteiger partial charge in [-0.15, -0.1) is 0 Å². The van der Waals surface area contributed by atoms with Gasteiger partial charge in [0.15, 0.2) is 0 Å². The van der Waals surface area contributed by atoms with Crippen molar-refractivity contribution < 1.29 is 4.74 Å². The van der Waals surface area contributed by atoms with Gasteiger partial charge in [-0.05, 0) is 48.7 Å². The highest BCUT2D eigenvalue weighted by molar-refractivity contribution is 5.54. The van der Waals surface area contributed by atoms with Crippen LogP contribution in [0.25, 0.3) is 0 Å². The molecule has 0 aliphatic rings. The van der Waals surface area contributed by atoms with Crippen LogP contribution in [0.15, 0.2) is 42.5 Å². The van der Waals surface area contributed by atoms with Crippen LogP contribution in [0.4, 0.5) is 5.69 Å². The first-order valence-corrected chi connectivity index (χ1v) is 6.79. The molecule has 0 radical (unpaired) electrons. The zero-order chi connectivity index (χ0) is 14.4. The number of hydrogen-bond donors (Lipinski definition) is 1. The first kappa shape index (κ1) is 14.0. The molecule has 0 unspecified atom stereocenters. The molecular formula is C17H18N2O. The van der Waals surface area contributed by atoms with E-state index < -0.39 is 0 Å². The second-order valence-electron chi connectivity index (χ2n) is 4.72. The molecule has 2 N–H and O–H groups in total. The smallest absolute Gasteiger partial charge is 0.145 e. The molecule has 2 aromatic rings. The Kier molecular flexibility index (Phi) is 4.62. The van der Waals surface area contributed by atoms with E-state index in [1.54, 1.807) is 18.2 Å². The molecule has 3 heteroatoms. The average molecular weight is 266 g/mol. The third kappa shape index (κ3) is 3.52. The fraction of sp³-hybridized carbons (Fsp3) is 0.235. The lowest BCUT2D eigenvalue weighted by atomic mass is 10.1. The minimum atomic E-state index is 0.444. The van der Waals surface area contributed by atoms with E-state index in [0.29, 0.717) is 17.0 Å². The minimum absolute atomic E-state index is 0.444. The molecule has 3 nitrogen and oxygen atoms in total. The summed E-state index contributed by atoms with van der Waals surface area (Å²) in [6.45, 7) is 2.18. The third-order valence-corrected chi connectivity index (χ3v) is 3.09. The number of benzene rings is 2. The Labute approximate surface area is 119 Å². The van der Waals surface area contributed by atoms with Crippen molar-refractivity contribution >= 4 is 5.69 Å². The molecule has 0 spiro atoms. The number of aryl methyl sites for hydroxylation is 1. The number of anilines is 1. The van der Waals surface area contributed by atoms with Crippen LogP contribution in [-0.2, 0) is 6.42 Å². The maximum absolute atomic E-state index is 9.08. The number of nitrogens with zero attached hydrogens (tertiary/aromatic N) is 1. The first-order valence-electron chi connectivity index (χ1n) is 6.79. The highest BCUT2D eigenvalue weighted by atomic mass is 16.5. The van der Waals surface area contributed by atoms with Crippen molar-refractivity contribution in [3.05, 3.63) is 53.6 Å². The van der Waals surface area contributed by atoms with Gasteiger partial charge >= 0.3 is 0 Å². The Morgan fingerprint density at radius 1 is 1.15 bits per heavy atom. The lowest BCUT2D eigenvalue weighted by Gasteiger charge is -2.08. The maximum atomic E-state index is 9.08. The summed E-state index contributed by atoms with van der Waals surface area (Å²) in [5.74, 6) is 1.26. The van der Waals surface area contributed by atoms with E-state index in [-0.39, 0.29) is 0 Å². The SMILES string of the molecule is CCCCc1ccc(Oc2ccc(N)cc2C#N)cc1. The van der Waals surface area contributed by atoms with Crippen LogP contribution in [0, 0.1) is 11.3 Å². The fourth-order valence-corrected chi connectivity index (χ4v) is 1.96. The van der Waals surface area contributed by atoms with Gasteiger partial charge in [-0.25, -0.2) is 0 Å². The van der Waals surface area contributed by atoms with Gasteiger partial charge in [-0.3, -0.25) is 0 Å². The molecule has 0 amide bonds. The second-order valence-corrected chi connectivity index (χ2v) is 4.72. The molecule has 0 fully saturated rings. The summed E-state index contributed by atoms with van der Waals surface area (Å²) in [5.41, 5.74) is 7.96. The standard InChI is InChI=1S/C17H18N2O/c1-2-3-4-13-5-8-16(9-6-13)20-17-10-7-15(19)11-14(17)12-18/h5-11H,2-4,19H2,1H3. The maximum Gasteiger partial charge on any atom is 0.145 e. The predicted octanol–water partition coefficient (Wildman–Crippen LogP) is 4.28. The highest BCUT2D eigenvalue weighted by Crippen LogP contribution is 2.27. The van der Waals surface area contributed by atoms with Gasteiger partial charge in [0.05, 0.1) is 5.56 Å². The molecule has 0 heterocycles. The summed E-state index contributed by atoms with van der Waals surface area (Å²) < 4.78 is 5.74. The van der Waals surface area contributed by atoms with Gasteiger partial charge < -0.3 is 10.5 Å². The van der Waals surface area contributed by atoms with Crippen LogP contribution < -0.4 is 10.5 Å². The normalized spacial score (nSPS) is 10.0. The molecule has 0 aliphatic carbocycles. The van der Waals surface area contributed by atoms with Crippen molar-refractivity contribution in [1.29, 1.82) is 5.26 Å². The number of rotatable bonds is 5. The molecule has 0 aliphatic heterocycles. The van der Waals surface area contributed by atoms with Crippen molar-refractivity contribution in [3.63, 3.8) is 0 Å². The Hall–Kier alpha value is -2.47. The van der Waals surface area contributed by atoms with Gasteiger partial charge in [0.1, 0.15) is 17.6 Å². The Balaban J connectivity index is 2.12. The molecule has 2 rings (SSSR count). The molecule has 0 saturated carbocycles. The summed E-state index contributed by atoms with van der Waals surface area (Å²) >= 11 is 0. The molecule has 0 bridgehead atoms. The number of nitrogen functional groups attached to an aromatic ring is 1. The largest absolute Gasteiger partial charge is 0.456 e. The van der Waals surface area contributed by atoms with Gasteiger partial charge in [-0.1, -0.05) is 25.5 Å². The second kappa shape index (κ2) is 6.63. The monoisotopic (exact) mass is 266 g/mol. The molecule has 20 heavy (non-hydrogen) atoms. The third-order valence-electron chi connectivity index (χ3n) is 3.09. The van der Waals surface area contributed by atoms with Crippen LogP contribution in [0.3, 0.4) is 0 Å². The van der Waals surface area contributed by atoms with Crippen molar-refractivity contribution in [2.45, 2.75) is 26.2 Å². The Morgan fingerprint density at radius 3 is 2.55 bits per heavy atom. The van der Waals surface area contributed by atoms with Crippen LogP contribution in [-0.4, -0.2) is 0 Å². The molecule has 0 aromatic heterocycles. The van der Waals surface area contributed by atoms with E-state index in [4.69, 9.17) is 15.7 Å². The number of unbranched alkanes of at least 4 members (excludes halogenated alkanes) is 1. The number of ether oxygens (including phenoxy) is 1. The first-order chi connectivity index (χ1) is 9.72. The van der Waals surface area contributed by atoms with Crippen LogP contribution in [0.2, 0.25) is 0 Å².